The Hall–Kier alpha value is -0.780. The number of carbonyl (C=O) groups is 1. The molecule has 2 nitrogen and oxygen atoms in total. The Morgan fingerprint density at radius 3 is 2.45 bits per heavy atom. The molecule has 0 aliphatic rings. The molecule has 1 heterocycles. The van der Waals surface area contributed by atoms with Gasteiger partial charge in [0, 0.05) is 21.0 Å². The van der Waals surface area contributed by atoms with Crippen LogP contribution in [0, 0.1) is 13.8 Å². The molecule has 0 fully saturated rings. The van der Waals surface area contributed by atoms with Gasteiger partial charge in [0.05, 0.1) is 10.6 Å². The van der Waals surface area contributed by atoms with Crippen LogP contribution in [0.15, 0.2) is 34.1 Å². The molecular weight excluding hydrogens is 356 g/mol. The van der Waals surface area contributed by atoms with Gasteiger partial charge in [-0.05, 0) is 46.8 Å². The summed E-state index contributed by atoms with van der Waals surface area (Å²) in [6.45, 7) is 4.04. The molecule has 0 saturated heterocycles. The first-order valence-corrected chi connectivity index (χ1v) is 9.30. The van der Waals surface area contributed by atoms with Gasteiger partial charge in [0.25, 0.3) is 0 Å². The summed E-state index contributed by atoms with van der Waals surface area (Å²) in [5.41, 5.74) is 3.34. The lowest BCUT2D eigenvalue weighted by molar-refractivity contribution is 0.102. The molecule has 1 atom stereocenters. The Labute approximate surface area is 133 Å². The highest BCUT2D eigenvalue weighted by Gasteiger charge is 2.15. The van der Waals surface area contributed by atoms with E-state index in [2.05, 4.69) is 22.0 Å². The van der Waals surface area contributed by atoms with Gasteiger partial charge < -0.3 is 0 Å². The molecule has 0 amide bonds. The van der Waals surface area contributed by atoms with Crippen LogP contribution < -0.4 is 0 Å². The molecule has 1 aromatic carbocycles. The summed E-state index contributed by atoms with van der Waals surface area (Å²) in [4.78, 5) is 12.7. The second kappa shape index (κ2) is 6.78. The van der Waals surface area contributed by atoms with Gasteiger partial charge in [-0.1, -0.05) is 29.3 Å². The number of rotatable bonds is 5. The molecule has 0 radical (unpaired) electrons. The number of thiophene rings is 1. The number of benzene rings is 1. The van der Waals surface area contributed by atoms with E-state index < -0.39 is 10.8 Å². The number of hydrogen-bond donors (Lipinski definition) is 0. The van der Waals surface area contributed by atoms with Crippen LogP contribution in [0.1, 0.15) is 26.4 Å². The smallest absolute Gasteiger partial charge is 0.186 e. The van der Waals surface area contributed by atoms with Crippen LogP contribution in [0.5, 0.6) is 0 Å². The third-order valence-electron chi connectivity index (χ3n) is 2.77. The molecule has 0 aliphatic carbocycles. The van der Waals surface area contributed by atoms with Crippen molar-refractivity contribution in [2.45, 2.75) is 19.6 Å². The molecule has 2 rings (SSSR count). The Kier molecular flexibility index (Phi) is 5.29. The van der Waals surface area contributed by atoms with E-state index in [0.717, 1.165) is 21.2 Å². The van der Waals surface area contributed by atoms with Gasteiger partial charge in [-0.25, -0.2) is 0 Å². The van der Waals surface area contributed by atoms with Gasteiger partial charge in [-0.3, -0.25) is 9.00 Å². The number of ketones is 1. The number of halogens is 1. The highest BCUT2D eigenvalue weighted by atomic mass is 79.9. The molecule has 1 aromatic heterocycles. The van der Waals surface area contributed by atoms with Crippen molar-refractivity contribution in [1.29, 1.82) is 0 Å². The number of hydrogen-bond acceptors (Lipinski definition) is 3. The van der Waals surface area contributed by atoms with E-state index in [1.54, 1.807) is 0 Å². The van der Waals surface area contributed by atoms with Gasteiger partial charge >= 0.3 is 0 Å². The lowest BCUT2D eigenvalue weighted by Gasteiger charge is -2.05. The van der Waals surface area contributed by atoms with Crippen molar-refractivity contribution in [2.75, 3.05) is 5.75 Å². The quantitative estimate of drug-likeness (QED) is 0.736. The summed E-state index contributed by atoms with van der Waals surface area (Å²) >= 11 is 4.71. The number of carbonyl (C=O) groups excluding carboxylic acids is 1. The largest absolute Gasteiger partial charge is 0.292 e. The van der Waals surface area contributed by atoms with E-state index in [4.69, 9.17) is 0 Å². The summed E-state index contributed by atoms with van der Waals surface area (Å²) in [6.07, 6.45) is 0. The maximum Gasteiger partial charge on any atom is 0.186 e. The minimum Gasteiger partial charge on any atom is -0.292 e. The van der Waals surface area contributed by atoms with E-state index in [1.165, 1.54) is 11.3 Å². The molecule has 20 heavy (non-hydrogen) atoms. The van der Waals surface area contributed by atoms with Gasteiger partial charge in [0.1, 0.15) is 0 Å². The predicted molar refractivity (Wildman–Crippen MR) is 89.0 cm³/mol. The highest BCUT2D eigenvalue weighted by Crippen LogP contribution is 2.23. The van der Waals surface area contributed by atoms with Crippen molar-refractivity contribution in [3.8, 4) is 0 Å². The average Bonchev–Trinajstić information content (AvgIpc) is 2.73. The SMILES string of the molecule is Cc1cc(C)cc(CS(=O)CC(=O)c2sccc2Br)c1. The molecule has 106 valence electrons. The van der Waals surface area contributed by atoms with Crippen molar-refractivity contribution in [2.24, 2.45) is 0 Å². The van der Waals surface area contributed by atoms with E-state index >= 15 is 0 Å². The lowest BCUT2D eigenvalue weighted by Crippen LogP contribution is -2.11. The van der Waals surface area contributed by atoms with E-state index in [0.29, 0.717) is 10.6 Å². The van der Waals surface area contributed by atoms with Crippen molar-refractivity contribution < 1.29 is 9.00 Å². The Morgan fingerprint density at radius 1 is 1.25 bits per heavy atom. The molecule has 1 unspecified atom stereocenters. The fraction of sp³-hybridized carbons (Fsp3) is 0.267. The van der Waals surface area contributed by atoms with Crippen molar-refractivity contribution in [1.82, 2.24) is 0 Å². The van der Waals surface area contributed by atoms with E-state index in [9.17, 15) is 9.00 Å². The summed E-state index contributed by atoms with van der Waals surface area (Å²) in [5, 5.41) is 1.85. The Morgan fingerprint density at radius 2 is 1.90 bits per heavy atom. The first-order chi connectivity index (χ1) is 9.45. The second-order valence-electron chi connectivity index (χ2n) is 4.75. The third kappa shape index (κ3) is 4.11. The van der Waals surface area contributed by atoms with Crippen LogP contribution in [0.3, 0.4) is 0 Å². The number of aryl methyl sites for hydroxylation is 2. The molecular formula is C15H15BrO2S2. The van der Waals surface area contributed by atoms with Crippen LogP contribution in [0.25, 0.3) is 0 Å². The first kappa shape index (κ1) is 15.6. The Balaban J connectivity index is 2.02. The van der Waals surface area contributed by atoms with Crippen LogP contribution >= 0.6 is 27.3 Å². The summed E-state index contributed by atoms with van der Waals surface area (Å²) in [7, 11) is -1.17. The maximum atomic E-state index is 12.1. The molecule has 0 N–H and O–H groups in total. The summed E-state index contributed by atoms with van der Waals surface area (Å²) in [5.74, 6) is 0.443. The Bertz CT molecular complexity index is 641. The van der Waals surface area contributed by atoms with E-state index in [-0.39, 0.29) is 11.5 Å². The standard InChI is InChI=1S/C15H15BrO2S2/c1-10-5-11(2)7-12(6-10)8-20(18)9-14(17)15-13(16)3-4-19-15/h3-7H,8-9H2,1-2H3. The minimum atomic E-state index is -1.17. The maximum absolute atomic E-state index is 12.1. The minimum absolute atomic E-state index is 0.0606. The van der Waals surface area contributed by atoms with Crippen molar-refractivity contribution in [3.63, 3.8) is 0 Å². The molecule has 2 aromatic rings. The highest BCUT2D eigenvalue weighted by molar-refractivity contribution is 9.10. The lowest BCUT2D eigenvalue weighted by atomic mass is 10.1. The van der Waals surface area contributed by atoms with Gasteiger partial charge in [0.2, 0.25) is 0 Å². The van der Waals surface area contributed by atoms with Gasteiger partial charge in [-0.2, -0.15) is 0 Å². The predicted octanol–water partition coefficient (Wildman–Crippen LogP) is 4.26. The molecule has 0 aliphatic heterocycles. The topological polar surface area (TPSA) is 34.1 Å². The first-order valence-electron chi connectivity index (χ1n) is 6.14. The van der Waals surface area contributed by atoms with Crippen LogP contribution in [0.2, 0.25) is 0 Å². The molecule has 5 heteroatoms. The molecule has 0 bridgehead atoms. The van der Waals surface area contributed by atoms with Crippen LogP contribution in [-0.4, -0.2) is 15.7 Å². The summed E-state index contributed by atoms with van der Waals surface area (Å²) in [6, 6.07) is 7.97. The normalized spacial score (nSPS) is 12.3. The molecule has 0 saturated carbocycles. The number of Topliss-reactive ketones (excluding diaryl/α,β-unsaturated/α-hetero) is 1. The van der Waals surface area contributed by atoms with E-state index in [1.807, 2.05) is 37.4 Å². The van der Waals surface area contributed by atoms with Gasteiger partial charge in [-0.15, -0.1) is 11.3 Å². The second-order valence-corrected chi connectivity index (χ2v) is 7.97. The summed E-state index contributed by atoms with van der Waals surface area (Å²) < 4.78 is 12.9. The monoisotopic (exact) mass is 370 g/mol. The molecule has 0 spiro atoms. The average molecular weight is 371 g/mol. The van der Waals surface area contributed by atoms with Crippen LogP contribution in [-0.2, 0) is 16.6 Å². The fourth-order valence-corrected chi connectivity index (χ4v) is 4.80. The van der Waals surface area contributed by atoms with Crippen LogP contribution in [0.4, 0.5) is 0 Å². The van der Waals surface area contributed by atoms with Crippen molar-refractivity contribution >= 4 is 43.8 Å². The third-order valence-corrected chi connectivity index (χ3v) is 5.89. The van der Waals surface area contributed by atoms with Gasteiger partial charge in [0.15, 0.2) is 5.78 Å². The zero-order valence-electron chi connectivity index (χ0n) is 11.3. The fourth-order valence-electron chi connectivity index (χ4n) is 2.09. The zero-order chi connectivity index (χ0) is 14.7. The van der Waals surface area contributed by atoms with Crippen molar-refractivity contribution in [3.05, 3.63) is 55.7 Å². The zero-order valence-corrected chi connectivity index (χ0v) is 14.5.